The van der Waals surface area contributed by atoms with Gasteiger partial charge in [0.1, 0.15) is 11.5 Å². The highest BCUT2D eigenvalue weighted by Crippen LogP contribution is 2.43. The molecular weight excluding hydrogens is 398 g/mol. The summed E-state index contributed by atoms with van der Waals surface area (Å²) in [5.74, 6) is 1.37. The van der Waals surface area contributed by atoms with Crippen molar-refractivity contribution < 1.29 is 14.3 Å². The number of rotatable bonds is 4. The summed E-state index contributed by atoms with van der Waals surface area (Å²) in [6.07, 6.45) is 1.41. The number of hydrogen-bond acceptors (Lipinski definition) is 3. The molecule has 160 valence electrons. The van der Waals surface area contributed by atoms with Crippen LogP contribution in [-0.2, 0) is 9.59 Å². The van der Waals surface area contributed by atoms with Crippen molar-refractivity contribution in [2.75, 3.05) is 0 Å². The maximum atomic E-state index is 13.3. The molecule has 2 atom stereocenters. The number of benzene rings is 3. The smallest absolute Gasteiger partial charge is 0.225 e. The normalized spacial score (nSPS) is 20.5. The van der Waals surface area contributed by atoms with E-state index < -0.39 is 0 Å². The standard InChI is InChI=1S/C28H25NO3/c1-18-10-12-19(13-11-18)21-15-25-28(26(30)16-21)24(17-27(31)29-25)20-6-5-9-23(14-20)32-22-7-3-2-4-8-22/h2-14,21,24H,15-17H2,1H3,(H,29,31). The second-order valence-electron chi connectivity index (χ2n) is 8.62. The Bertz CT molecular complexity index is 1190. The molecule has 0 bridgehead atoms. The zero-order chi connectivity index (χ0) is 22.1. The number of ether oxygens (including phenoxy) is 1. The summed E-state index contributed by atoms with van der Waals surface area (Å²) >= 11 is 0. The minimum absolute atomic E-state index is 0.0412. The van der Waals surface area contributed by atoms with Crippen molar-refractivity contribution in [3.8, 4) is 11.5 Å². The van der Waals surface area contributed by atoms with Crippen LogP contribution in [0, 0.1) is 6.92 Å². The molecule has 2 unspecified atom stereocenters. The Morgan fingerprint density at radius 3 is 2.31 bits per heavy atom. The Morgan fingerprint density at radius 2 is 1.53 bits per heavy atom. The van der Waals surface area contributed by atoms with Crippen LogP contribution >= 0.6 is 0 Å². The van der Waals surface area contributed by atoms with Gasteiger partial charge in [-0.2, -0.15) is 0 Å². The van der Waals surface area contributed by atoms with Crippen LogP contribution in [0.3, 0.4) is 0 Å². The molecule has 32 heavy (non-hydrogen) atoms. The Kier molecular flexibility index (Phi) is 5.36. The van der Waals surface area contributed by atoms with E-state index in [-0.39, 0.29) is 29.9 Å². The quantitative estimate of drug-likeness (QED) is 0.578. The van der Waals surface area contributed by atoms with Crippen molar-refractivity contribution in [1.82, 2.24) is 5.32 Å². The molecule has 0 saturated heterocycles. The lowest BCUT2D eigenvalue weighted by Crippen LogP contribution is -2.38. The van der Waals surface area contributed by atoms with Crippen LogP contribution in [0.5, 0.6) is 11.5 Å². The van der Waals surface area contributed by atoms with E-state index >= 15 is 0 Å². The number of amides is 1. The maximum absolute atomic E-state index is 13.3. The van der Waals surface area contributed by atoms with Crippen molar-refractivity contribution in [1.29, 1.82) is 0 Å². The van der Waals surface area contributed by atoms with Gasteiger partial charge in [0, 0.05) is 30.0 Å². The number of carbonyl (C=O) groups excluding carboxylic acids is 2. The van der Waals surface area contributed by atoms with Gasteiger partial charge in [-0.15, -0.1) is 0 Å². The minimum atomic E-state index is -0.246. The molecule has 1 amide bonds. The molecule has 1 aliphatic carbocycles. The van der Waals surface area contributed by atoms with E-state index in [9.17, 15) is 9.59 Å². The summed E-state index contributed by atoms with van der Waals surface area (Å²) in [4.78, 5) is 25.9. The minimum Gasteiger partial charge on any atom is -0.457 e. The zero-order valence-corrected chi connectivity index (χ0v) is 18.0. The van der Waals surface area contributed by atoms with Crippen molar-refractivity contribution in [2.24, 2.45) is 0 Å². The second-order valence-corrected chi connectivity index (χ2v) is 8.62. The van der Waals surface area contributed by atoms with Crippen LogP contribution < -0.4 is 10.1 Å². The van der Waals surface area contributed by atoms with E-state index in [4.69, 9.17) is 4.74 Å². The molecule has 3 aromatic rings. The van der Waals surface area contributed by atoms with Crippen LogP contribution in [0.2, 0.25) is 0 Å². The van der Waals surface area contributed by atoms with Crippen LogP contribution in [0.1, 0.15) is 47.8 Å². The highest BCUT2D eigenvalue weighted by Gasteiger charge is 2.38. The molecule has 0 saturated carbocycles. The SMILES string of the molecule is Cc1ccc(C2CC(=O)C3=C(C2)NC(=O)CC3c2cccc(Oc3ccccc3)c2)cc1. The molecule has 0 aromatic heterocycles. The first-order valence-electron chi connectivity index (χ1n) is 11.0. The van der Waals surface area contributed by atoms with Crippen molar-refractivity contribution >= 4 is 11.7 Å². The van der Waals surface area contributed by atoms with Crippen molar-refractivity contribution in [3.05, 3.63) is 107 Å². The Balaban J connectivity index is 1.45. The first kappa shape index (κ1) is 20.3. The van der Waals surface area contributed by atoms with E-state index in [1.54, 1.807) is 0 Å². The fourth-order valence-electron chi connectivity index (χ4n) is 4.74. The van der Waals surface area contributed by atoms with Crippen molar-refractivity contribution in [2.45, 2.75) is 38.0 Å². The molecule has 2 aliphatic rings. The molecule has 5 rings (SSSR count). The first-order valence-corrected chi connectivity index (χ1v) is 11.0. The third-order valence-electron chi connectivity index (χ3n) is 6.32. The summed E-state index contributed by atoms with van der Waals surface area (Å²) in [6.45, 7) is 2.05. The fraction of sp³-hybridized carbons (Fsp3) is 0.214. The van der Waals surface area contributed by atoms with Crippen LogP contribution in [-0.4, -0.2) is 11.7 Å². The van der Waals surface area contributed by atoms with E-state index in [0.717, 1.165) is 28.1 Å². The predicted molar refractivity (Wildman–Crippen MR) is 124 cm³/mol. The largest absolute Gasteiger partial charge is 0.457 e. The lowest BCUT2D eigenvalue weighted by atomic mass is 9.73. The Morgan fingerprint density at radius 1 is 0.781 bits per heavy atom. The van der Waals surface area contributed by atoms with Crippen molar-refractivity contribution in [3.63, 3.8) is 0 Å². The van der Waals surface area contributed by atoms with E-state index in [1.807, 2.05) is 54.6 Å². The highest BCUT2D eigenvalue weighted by atomic mass is 16.5. The van der Waals surface area contributed by atoms with Crippen LogP contribution in [0.15, 0.2) is 90.1 Å². The molecule has 4 heteroatoms. The molecule has 1 aliphatic heterocycles. The number of carbonyl (C=O) groups is 2. The second kappa shape index (κ2) is 8.46. The number of allylic oxidation sites excluding steroid dienone is 2. The average molecular weight is 424 g/mol. The van der Waals surface area contributed by atoms with Gasteiger partial charge in [-0.3, -0.25) is 9.59 Å². The van der Waals surface area contributed by atoms with Gasteiger partial charge < -0.3 is 10.1 Å². The van der Waals surface area contributed by atoms with Gasteiger partial charge in [-0.1, -0.05) is 60.2 Å². The first-order chi connectivity index (χ1) is 15.6. The lowest BCUT2D eigenvalue weighted by Gasteiger charge is -2.34. The number of aryl methyl sites for hydroxylation is 1. The molecule has 3 aromatic carbocycles. The lowest BCUT2D eigenvalue weighted by molar-refractivity contribution is -0.122. The molecule has 4 nitrogen and oxygen atoms in total. The van der Waals surface area contributed by atoms with Crippen LogP contribution in [0.25, 0.3) is 0 Å². The highest BCUT2D eigenvalue weighted by molar-refractivity contribution is 6.02. The van der Waals surface area contributed by atoms with Gasteiger partial charge in [0.25, 0.3) is 0 Å². The third-order valence-corrected chi connectivity index (χ3v) is 6.32. The molecule has 1 N–H and O–H groups in total. The van der Waals surface area contributed by atoms with Crippen LogP contribution in [0.4, 0.5) is 0 Å². The summed E-state index contributed by atoms with van der Waals surface area (Å²) in [5, 5.41) is 3.00. The van der Waals surface area contributed by atoms with E-state index in [1.165, 1.54) is 5.56 Å². The average Bonchev–Trinajstić information content (AvgIpc) is 2.79. The number of para-hydroxylation sites is 1. The fourth-order valence-corrected chi connectivity index (χ4v) is 4.74. The third kappa shape index (κ3) is 4.09. The number of nitrogens with one attached hydrogen (secondary N) is 1. The summed E-state index contributed by atoms with van der Waals surface area (Å²) < 4.78 is 5.98. The van der Waals surface area contributed by atoms with Gasteiger partial charge in [0.05, 0.1) is 0 Å². The molecule has 0 spiro atoms. The predicted octanol–water partition coefficient (Wildman–Crippen LogP) is 5.79. The number of ketones is 1. The number of Topliss-reactive ketones (excluding diaryl/α,β-unsaturated/α-hetero) is 1. The Hall–Kier alpha value is -3.66. The molecular formula is C28H25NO3. The van der Waals surface area contributed by atoms with Gasteiger partial charge in [0.2, 0.25) is 5.91 Å². The molecule has 1 heterocycles. The van der Waals surface area contributed by atoms with Gasteiger partial charge in [-0.25, -0.2) is 0 Å². The van der Waals surface area contributed by atoms with Gasteiger partial charge in [0.15, 0.2) is 5.78 Å². The monoisotopic (exact) mass is 423 g/mol. The van der Waals surface area contributed by atoms with E-state index in [0.29, 0.717) is 18.6 Å². The molecule has 0 fully saturated rings. The van der Waals surface area contributed by atoms with E-state index in [2.05, 4.69) is 36.5 Å². The zero-order valence-electron chi connectivity index (χ0n) is 18.0. The topological polar surface area (TPSA) is 55.4 Å². The molecule has 0 radical (unpaired) electrons. The summed E-state index contributed by atoms with van der Waals surface area (Å²) in [7, 11) is 0. The summed E-state index contributed by atoms with van der Waals surface area (Å²) in [5.41, 5.74) is 4.81. The Labute approximate surface area is 187 Å². The van der Waals surface area contributed by atoms with Gasteiger partial charge in [-0.05, 0) is 54.7 Å². The van der Waals surface area contributed by atoms with Gasteiger partial charge >= 0.3 is 0 Å². The number of hydrogen-bond donors (Lipinski definition) is 1. The summed E-state index contributed by atoms with van der Waals surface area (Å²) in [6, 6.07) is 25.6. The maximum Gasteiger partial charge on any atom is 0.225 e.